The van der Waals surface area contributed by atoms with Gasteiger partial charge in [-0.05, 0) is 68.5 Å². The zero-order chi connectivity index (χ0) is 29.0. The third-order valence-electron chi connectivity index (χ3n) is 7.23. The molecule has 0 unspecified atom stereocenters. The average molecular weight is 552 g/mol. The van der Waals surface area contributed by atoms with Crippen molar-refractivity contribution in [1.82, 2.24) is 5.32 Å². The van der Waals surface area contributed by atoms with E-state index in [2.05, 4.69) is 5.32 Å². The number of Topliss-reactive ketones (excluding diaryl/α,β-unsaturated/α-hetero) is 1. The molecule has 0 spiro atoms. The first kappa shape index (κ1) is 29.0. The summed E-state index contributed by atoms with van der Waals surface area (Å²) in [6.45, 7) is 5.95. The number of carbonyl (C=O) groups excluding carboxylic acids is 2. The van der Waals surface area contributed by atoms with E-state index in [0.717, 1.165) is 11.3 Å². The van der Waals surface area contributed by atoms with Crippen molar-refractivity contribution in [3.8, 4) is 23.0 Å². The van der Waals surface area contributed by atoms with Gasteiger partial charge in [0, 0.05) is 29.3 Å². The Balaban J connectivity index is 1.72. The molecule has 2 atom stereocenters. The van der Waals surface area contributed by atoms with E-state index in [9.17, 15) is 14.7 Å². The van der Waals surface area contributed by atoms with Crippen LogP contribution >= 0.6 is 0 Å². The van der Waals surface area contributed by atoms with Crippen LogP contribution in [0.2, 0.25) is 0 Å². The van der Waals surface area contributed by atoms with Gasteiger partial charge in [-0.15, -0.1) is 0 Å². The number of nitrogens with one attached hydrogen (secondary N) is 1. The number of hydrogen-bond acceptors (Lipinski definition) is 9. The second-order valence-corrected chi connectivity index (χ2v) is 10.1. The van der Waals surface area contributed by atoms with E-state index in [1.165, 1.54) is 13.2 Å². The van der Waals surface area contributed by atoms with E-state index in [1.54, 1.807) is 33.3 Å². The lowest BCUT2D eigenvalue weighted by molar-refractivity contribution is -0.141. The molecule has 9 nitrogen and oxygen atoms in total. The highest BCUT2D eigenvalue weighted by atomic mass is 16.6. The molecule has 0 saturated carbocycles. The minimum absolute atomic E-state index is 0.0113. The molecule has 2 N–H and O–H groups in total. The van der Waals surface area contributed by atoms with Gasteiger partial charge in [0.25, 0.3) is 0 Å². The first-order valence-electron chi connectivity index (χ1n) is 13.3. The number of methoxy groups -OCH3 is 3. The summed E-state index contributed by atoms with van der Waals surface area (Å²) < 4.78 is 27.1. The van der Waals surface area contributed by atoms with Gasteiger partial charge in [0.2, 0.25) is 0 Å². The first-order valence-corrected chi connectivity index (χ1v) is 13.3. The van der Waals surface area contributed by atoms with Crippen LogP contribution in [-0.4, -0.2) is 57.5 Å². The van der Waals surface area contributed by atoms with E-state index < -0.39 is 11.9 Å². The van der Waals surface area contributed by atoms with Crippen molar-refractivity contribution in [2.24, 2.45) is 0 Å². The largest absolute Gasteiger partial charge is 0.504 e. The number of benzene rings is 2. The maximum Gasteiger partial charge on any atom is 0.336 e. The molecule has 0 amide bonds. The fraction of sp³-hybridized carbons (Fsp3) is 0.419. The van der Waals surface area contributed by atoms with Crippen LogP contribution in [0.3, 0.4) is 0 Å². The van der Waals surface area contributed by atoms with Crippen LogP contribution in [0, 0.1) is 0 Å². The molecule has 2 aromatic rings. The Morgan fingerprint density at radius 1 is 0.950 bits per heavy atom. The van der Waals surface area contributed by atoms with Gasteiger partial charge in [0.1, 0.15) is 6.61 Å². The Morgan fingerprint density at radius 3 is 2.27 bits per heavy atom. The second-order valence-electron chi connectivity index (χ2n) is 10.1. The zero-order valence-electron chi connectivity index (χ0n) is 23.8. The summed E-state index contributed by atoms with van der Waals surface area (Å²) in [4.78, 5) is 27.3. The van der Waals surface area contributed by atoms with Gasteiger partial charge in [-0.3, -0.25) is 4.79 Å². The summed E-state index contributed by atoms with van der Waals surface area (Å²) in [5.41, 5.74) is 3.70. The molecular formula is C31H37NO8. The highest BCUT2D eigenvalue weighted by Crippen LogP contribution is 2.47. The molecule has 0 saturated heterocycles. The summed E-state index contributed by atoms with van der Waals surface area (Å²) in [6.07, 6.45) is 0.812. The Hall–Kier alpha value is -3.98. The van der Waals surface area contributed by atoms with Crippen LogP contribution in [-0.2, 0) is 19.1 Å². The van der Waals surface area contributed by atoms with Crippen LogP contribution in [0.1, 0.15) is 56.6 Å². The van der Waals surface area contributed by atoms with Gasteiger partial charge in [0.15, 0.2) is 28.8 Å². The van der Waals surface area contributed by atoms with Gasteiger partial charge in [-0.25, -0.2) is 4.79 Å². The molecular weight excluding hydrogens is 514 g/mol. The number of phenolic OH excluding ortho intramolecular Hbond substituents is 1. The number of ketones is 1. The fourth-order valence-corrected chi connectivity index (χ4v) is 5.37. The van der Waals surface area contributed by atoms with Gasteiger partial charge in [0.05, 0.1) is 39.6 Å². The van der Waals surface area contributed by atoms with E-state index in [1.807, 2.05) is 32.0 Å². The third kappa shape index (κ3) is 5.94. The Labute approximate surface area is 234 Å². The van der Waals surface area contributed by atoms with Gasteiger partial charge in [-0.1, -0.05) is 12.1 Å². The van der Waals surface area contributed by atoms with Crippen LogP contribution in [0.4, 0.5) is 0 Å². The summed E-state index contributed by atoms with van der Waals surface area (Å²) in [7, 11) is 4.62. The van der Waals surface area contributed by atoms with Crippen LogP contribution in [0.5, 0.6) is 23.0 Å². The van der Waals surface area contributed by atoms with E-state index in [-0.39, 0.29) is 43.2 Å². The maximum absolute atomic E-state index is 13.9. The molecule has 0 aromatic heterocycles. The molecule has 9 heteroatoms. The topological polar surface area (TPSA) is 113 Å². The monoisotopic (exact) mass is 551 g/mol. The van der Waals surface area contributed by atoms with Gasteiger partial charge in [-0.2, -0.15) is 0 Å². The normalized spacial score (nSPS) is 18.8. The molecule has 0 radical (unpaired) electrons. The smallest absolute Gasteiger partial charge is 0.336 e. The van der Waals surface area contributed by atoms with E-state index in [4.69, 9.17) is 23.7 Å². The lowest BCUT2D eigenvalue weighted by atomic mass is 9.71. The predicted molar refractivity (Wildman–Crippen MR) is 149 cm³/mol. The lowest BCUT2D eigenvalue weighted by Crippen LogP contribution is -2.36. The van der Waals surface area contributed by atoms with Crippen molar-refractivity contribution in [1.29, 1.82) is 0 Å². The first-order chi connectivity index (χ1) is 19.2. The molecule has 0 fully saturated rings. The van der Waals surface area contributed by atoms with E-state index >= 15 is 0 Å². The summed E-state index contributed by atoms with van der Waals surface area (Å²) in [5, 5.41) is 13.9. The minimum Gasteiger partial charge on any atom is -0.504 e. The molecule has 1 heterocycles. The molecule has 0 bridgehead atoms. The van der Waals surface area contributed by atoms with Crippen molar-refractivity contribution in [3.63, 3.8) is 0 Å². The highest BCUT2D eigenvalue weighted by Gasteiger charge is 2.41. The highest BCUT2D eigenvalue weighted by molar-refractivity contribution is 6.04. The van der Waals surface area contributed by atoms with Crippen molar-refractivity contribution in [2.75, 3.05) is 34.5 Å². The molecule has 40 heavy (non-hydrogen) atoms. The molecule has 2 aromatic carbocycles. The van der Waals surface area contributed by atoms with Crippen molar-refractivity contribution in [2.45, 2.75) is 51.6 Å². The number of dihydropyridines is 1. The second kappa shape index (κ2) is 12.5. The van der Waals surface area contributed by atoms with Gasteiger partial charge < -0.3 is 34.1 Å². The number of esters is 1. The third-order valence-corrected chi connectivity index (χ3v) is 7.23. The maximum atomic E-state index is 13.9. The molecule has 214 valence electrons. The summed E-state index contributed by atoms with van der Waals surface area (Å²) in [5.74, 6) is -0.0201. The molecule has 1 aliphatic carbocycles. The van der Waals surface area contributed by atoms with Crippen molar-refractivity contribution >= 4 is 11.8 Å². The minimum atomic E-state index is -0.717. The Morgan fingerprint density at radius 2 is 1.62 bits per heavy atom. The van der Waals surface area contributed by atoms with Crippen LogP contribution in [0.15, 0.2) is 58.9 Å². The number of rotatable bonds is 10. The Bertz CT molecular complexity index is 1340. The zero-order valence-corrected chi connectivity index (χ0v) is 23.8. The predicted octanol–water partition coefficient (Wildman–Crippen LogP) is 4.75. The SMILES string of the molecule is COc1ccc([C@@H]2C(C(=O)OCCOC(C)C)=C(C)NC3=C2C(=O)C[C@@H](c2ccc(OC)c(OC)c2)C3)cc1O. The summed E-state index contributed by atoms with van der Waals surface area (Å²) >= 11 is 0. The van der Waals surface area contributed by atoms with Crippen LogP contribution < -0.4 is 19.5 Å². The lowest BCUT2D eigenvalue weighted by Gasteiger charge is -2.37. The Kier molecular flexibility index (Phi) is 9.04. The number of hydrogen-bond donors (Lipinski definition) is 2. The van der Waals surface area contributed by atoms with Crippen LogP contribution in [0.25, 0.3) is 0 Å². The standard InChI is InChI=1S/C31H37NO8/c1-17(2)39-11-12-40-31(35)28-18(3)32-22-13-21(19-7-10-26(37-5)27(16-19)38-6)15-24(34)30(22)29(28)20-8-9-25(36-4)23(33)14-20/h7-10,14,16-17,21,29,32-33H,11-13,15H2,1-6H3/t21-,29+/m0/s1. The summed E-state index contributed by atoms with van der Waals surface area (Å²) in [6, 6.07) is 10.6. The van der Waals surface area contributed by atoms with Crippen molar-refractivity contribution < 1.29 is 38.4 Å². The molecule has 2 aliphatic rings. The quantitative estimate of drug-likeness (QED) is 0.319. The fourth-order valence-electron chi connectivity index (χ4n) is 5.37. The number of allylic oxidation sites excluding steroid dienone is 3. The average Bonchev–Trinajstić information content (AvgIpc) is 2.93. The number of phenols is 1. The number of carbonyl (C=O) groups is 2. The number of ether oxygens (including phenoxy) is 5. The molecule has 1 aliphatic heterocycles. The van der Waals surface area contributed by atoms with Gasteiger partial charge >= 0.3 is 5.97 Å². The molecule has 4 rings (SSSR count). The number of aromatic hydroxyl groups is 1. The van der Waals surface area contributed by atoms with Crippen molar-refractivity contribution in [3.05, 3.63) is 70.1 Å². The van der Waals surface area contributed by atoms with E-state index in [0.29, 0.717) is 46.1 Å².